The van der Waals surface area contributed by atoms with Crippen LogP contribution in [-0.4, -0.2) is 22.0 Å². The van der Waals surface area contributed by atoms with Crippen LogP contribution in [0.5, 0.6) is 11.5 Å². The molecule has 204 valence electrons. The first-order valence-electron chi connectivity index (χ1n) is 13.1. The smallest absolute Gasteiger partial charge is 0.247 e. The van der Waals surface area contributed by atoms with E-state index in [9.17, 15) is 14.9 Å². The molecule has 5 aromatic rings. The molecule has 2 amide bonds. The molecular formula is C34H22ClN3O3S. The number of benzene rings is 4. The Labute approximate surface area is 252 Å². The number of hydrogen-bond donors (Lipinski definition) is 0. The molecule has 0 bridgehead atoms. The Morgan fingerprint density at radius 3 is 2.05 bits per heavy atom. The van der Waals surface area contributed by atoms with E-state index < -0.39 is 5.25 Å². The maximum atomic E-state index is 13.6. The lowest BCUT2D eigenvalue weighted by atomic mass is 9.99. The molecule has 0 N–H and O–H groups in total. The van der Waals surface area contributed by atoms with Crippen molar-refractivity contribution in [2.75, 3.05) is 4.90 Å². The van der Waals surface area contributed by atoms with Crippen LogP contribution < -0.4 is 9.64 Å². The second-order valence-electron chi connectivity index (χ2n) is 9.51. The van der Waals surface area contributed by atoms with Crippen LogP contribution in [0, 0.1) is 11.3 Å². The molecule has 1 atom stereocenters. The third-order valence-corrected chi connectivity index (χ3v) is 8.18. The van der Waals surface area contributed by atoms with Crippen molar-refractivity contribution in [2.24, 2.45) is 0 Å². The van der Waals surface area contributed by atoms with Gasteiger partial charge in [-0.05, 0) is 60.2 Å². The molecule has 6 rings (SSSR count). The van der Waals surface area contributed by atoms with Crippen molar-refractivity contribution < 1.29 is 14.3 Å². The van der Waals surface area contributed by atoms with Gasteiger partial charge >= 0.3 is 0 Å². The maximum Gasteiger partial charge on any atom is 0.247 e. The molecule has 0 aliphatic carbocycles. The van der Waals surface area contributed by atoms with E-state index in [1.165, 1.54) is 4.90 Å². The van der Waals surface area contributed by atoms with Crippen LogP contribution in [0.2, 0.25) is 5.02 Å². The van der Waals surface area contributed by atoms with Crippen LogP contribution in [0.1, 0.15) is 12.0 Å². The minimum atomic E-state index is -0.725. The first-order chi connectivity index (χ1) is 20.5. The number of nitrogens with zero attached hydrogens (tertiary/aromatic N) is 3. The van der Waals surface area contributed by atoms with E-state index in [0.29, 0.717) is 38.5 Å². The molecule has 1 unspecified atom stereocenters. The summed E-state index contributed by atoms with van der Waals surface area (Å²) in [4.78, 5) is 32.7. The van der Waals surface area contributed by atoms with Gasteiger partial charge in [0.05, 0.1) is 22.2 Å². The fourth-order valence-electron chi connectivity index (χ4n) is 4.72. The Kier molecular flexibility index (Phi) is 7.74. The second kappa shape index (κ2) is 11.9. The van der Waals surface area contributed by atoms with Gasteiger partial charge in [0.15, 0.2) is 0 Å². The van der Waals surface area contributed by atoms with Gasteiger partial charge in [-0.15, -0.1) is 0 Å². The van der Waals surface area contributed by atoms with Crippen molar-refractivity contribution >= 4 is 40.9 Å². The van der Waals surface area contributed by atoms with Crippen LogP contribution in [0.15, 0.2) is 120 Å². The highest BCUT2D eigenvalue weighted by atomic mass is 35.5. The topological polar surface area (TPSA) is 83.3 Å². The molecule has 0 spiro atoms. The molecule has 4 aromatic carbocycles. The predicted molar refractivity (Wildman–Crippen MR) is 165 cm³/mol. The van der Waals surface area contributed by atoms with Crippen molar-refractivity contribution in [1.29, 1.82) is 5.26 Å². The van der Waals surface area contributed by atoms with Gasteiger partial charge in [-0.1, -0.05) is 84.0 Å². The summed E-state index contributed by atoms with van der Waals surface area (Å²) >= 11 is 7.10. The van der Waals surface area contributed by atoms with Gasteiger partial charge in [-0.3, -0.25) is 9.59 Å². The van der Waals surface area contributed by atoms with E-state index in [1.54, 1.807) is 48.5 Å². The summed E-state index contributed by atoms with van der Waals surface area (Å²) in [5.74, 6) is 0.503. The van der Waals surface area contributed by atoms with Crippen molar-refractivity contribution in [3.8, 4) is 40.0 Å². The van der Waals surface area contributed by atoms with Gasteiger partial charge in [0, 0.05) is 22.6 Å². The minimum Gasteiger partial charge on any atom is -0.457 e. The quantitative estimate of drug-likeness (QED) is 0.179. The number of rotatable bonds is 7. The number of aromatic nitrogens is 1. The number of anilines is 1. The van der Waals surface area contributed by atoms with Gasteiger partial charge in [-0.2, -0.15) is 5.26 Å². The molecule has 6 nitrogen and oxygen atoms in total. The van der Waals surface area contributed by atoms with Gasteiger partial charge in [0.25, 0.3) is 0 Å². The number of halogens is 1. The van der Waals surface area contributed by atoms with Crippen LogP contribution in [0.25, 0.3) is 22.4 Å². The van der Waals surface area contributed by atoms with Crippen molar-refractivity contribution in [3.05, 3.63) is 126 Å². The highest BCUT2D eigenvalue weighted by molar-refractivity contribution is 8.00. The average molecular weight is 588 g/mol. The zero-order valence-electron chi connectivity index (χ0n) is 22.1. The summed E-state index contributed by atoms with van der Waals surface area (Å²) in [5, 5.41) is 10.5. The normalized spacial score (nSPS) is 14.6. The highest BCUT2D eigenvalue weighted by Gasteiger charge is 2.41. The molecule has 42 heavy (non-hydrogen) atoms. The zero-order chi connectivity index (χ0) is 29.1. The van der Waals surface area contributed by atoms with E-state index in [-0.39, 0.29) is 18.2 Å². The SMILES string of the molecule is N#Cc1c(-c2ccccc2)cc(-c2ccccc2)nc1SC1CC(=O)N(c2ccc(Oc3ccc(Cl)cc3)cc2)C1=O. The van der Waals surface area contributed by atoms with Crippen molar-refractivity contribution in [2.45, 2.75) is 16.7 Å². The number of carbonyl (C=O) groups is 2. The number of imide groups is 1. The number of amides is 2. The Bertz CT molecular complexity index is 1810. The lowest BCUT2D eigenvalue weighted by Crippen LogP contribution is -2.31. The molecule has 8 heteroatoms. The first kappa shape index (κ1) is 27.3. The highest BCUT2D eigenvalue weighted by Crippen LogP contribution is 2.39. The van der Waals surface area contributed by atoms with Crippen molar-refractivity contribution in [1.82, 2.24) is 4.98 Å². The van der Waals surface area contributed by atoms with Gasteiger partial charge in [-0.25, -0.2) is 9.88 Å². The van der Waals surface area contributed by atoms with Gasteiger partial charge in [0.2, 0.25) is 11.8 Å². The molecule has 1 saturated heterocycles. The van der Waals surface area contributed by atoms with Crippen LogP contribution in [-0.2, 0) is 9.59 Å². The number of hydrogen-bond acceptors (Lipinski definition) is 6. The van der Waals surface area contributed by atoms with Gasteiger partial charge in [0.1, 0.15) is 22.6 Å². The van der Waals surface area contributed by atoms with E-state index in [0.717, 1.165) is 28.5 Å². The molecular weight excluding hydrogens is 566 g/mol. The van der Waals surface area contributed by atoms with E-state index in [2.05, 4.69) is 6.07 Å². The molecule has 0 saturated carbocycles. The van der Waals surface area contributed by atoms with E-state index >= 15 is 0 Å². The monoisotopic (exact) mass is 587 g/mol. The molecule has 1 aliphatic heterocycles. The van der Waals surface area contributed by atoms with Crippen LogP contribution in [0.3, 0.4) is 0 Å². The summed E-state index contributed by atoms with van der Waals surface area (Å²) in [6.07, 6.45) is -0.00465. The van der Waals surface area contributed by atoms with Crippen LogP contribution in [0.4, 0.5) is 5.69 Å². The fourth-order valence-corrected chi connectivity index (χ4v) is 5.97. The predicted octanol–water partition coefficient (Wildman–Crippen LogP) is 8.16. The Hall–Kier alpha value is -4.90. The molecule has 1 aromatic heterocycles. The molecule has 2 heterocycles. The number of nitriles is 1. The summed E-state index contributed by atoms with van der Waals surface area (Å²) in [7, 11) is 0. The van der Waals surface area contributed by atoms with Gasteiger partial charge < -0.3 is 4.74 Å². The average Bonchev–Trinajstić information content (AvgIpc) is 3.31. The summed E-state index contributed by atoms with van der Waals surface area (Å²) in [5.41, 5.74) is 3.98. The largest absolute Gasteiger partial charge is 0.457 e. The lowest BCUT2D eigenvalue weighted by molar-refractivity contribution is -0.121. The number of pyridine rings is 1. The van der Waals surface area contributed by atoms with E-state index in [4.69, 9.17) is 21.3 Å². The van der Waals surface area contributed by atoms with Crippen molar-refractivity contribution in [3.63, 3.8) is 0 Å². The summed E-state index contributed by atoms with van der Waals surface area (Å²) < 4.78 is 5.84. The maximum absolute atomic E-state index is 13.6. The lowest BCUT2D eigenvalue weighted by Gasteiger charge is -2.17. The molecule has 1 aliphatic rings. The summed E-state index contributed by atoms with van der Waals surface area (Å²) in [6, 6.07) is 37.2. The minimum absolute atomic E-state index is 0.00465. The first-order valence-corrected chi connectivity index (χ1v) is 14.4. The van der Waals surface area contributed by atoms with E-state index in [1.807, 2.05) is 66.7 Å². The summed E-state index contributed by atoms with van der Waals surface area (Å²) in [6.45, 7) is 0. The Morgan fingerprint density at radius 1 is 0.833 bits per heavy atom. The second-order valence-corrected chi connectivity index (χ2v) is 11.1. The zero-order valence-corrected chi connectivity index (χ0v) is 23.7. The molecule has 1 fully saturated rings. The Balaban J connectivity index is 1.29. The number of thioether (sulfide) groups is 1. The number of carbonyl (C=O) groups excluding carboxylic acids is 2. The number of ether oxygens (including phenoxy) is 1. The van der Waals surface area contributed by atoms with Crippen LogP contribution >= 0.6 is 23.4 Å². The standard InChI is InChI=1S/C34H22ClN3O3S/c35-24-11-15-26(16-12-24)41-27-17-13-25(14-18-27)38-32(39)20-31(34(38)40)42-33-29(21-36)28(22-7-3-1-4-8-22)19-30(37-33)23-9-5-2-6-10-23/h1-19,31H,20H2. The Morgan fingerprint density at radius 2 is 1.43 bits per heavy atom. The fraction of sp³-hybridized carbons (Fsp3) is 0.0588. The third-order valence-electron chi connectivity index (χ3n) is 6.76. The third kappa shape index (κ3) is 5.64. The molecule has 0 radical (unpaired) electrons.